The first-order valence-electron chi connectivity index (χ1n) is 9.01. The van der Waals surface area contributed by atoms with Gasteiger partial charge >= 0.3 is 0 Å². The zero-order valence-corrected chi connectivity index (χ0v) is 17.7. The smallest absolute Gasteiger partial charge is 0.246 e. The predicted octanol–water partition coefficient (Wildman–Crippen LogP) is 4.67. The summed E-state index contributed by atoms with van der Waals surface area (Å²) in [5.74, 6) is 2.26. The molecule has 29 heavy (non-hydrogen) atoms. The Bertz CT molecular complexity index is 1150. The average Bonchev–Trinajstić information content (AvgIpc) is 3.33. The molecule has 2 aromatic heterocycles. The molecule has 0 fully saturated rings. The third-order valence-corrected chi connectivity index (χ3v) is 5.75. The van der Waals surface area contributed by atoms with Crippen molar-refractivity contribution in [1.29, 1.82) is 0 Å². The van der Waals surface area contributed by atoms with Gasteiger partial charge in [-0.2, -0.15) is 11.8 Å². The standard InChI is InChI=1S/C21H20N4O2S2/c1-27-18-10-6-3-7-14(18)16-12-29-21(23-16)24-20(26)11-25-17-9-5-4-8-15(17)22-19(25)13-28-2/h3-10,12H,11,13H2,1-2H3,(H,23,24,26). The van der Waals surface area contributed by atoms with Gasteiger partial charge in [-0.05, 0) is 30.5 Å². The third-order valence-electron chi connectivity index (χ3n) is 4.44. The Morgan fingerprint density at radius 2 is 1.97 bits per heavy atom. The normalized spacial score (nSPS) is 11.0. The van der Waals surface area contributed by atoms with Crippen LogP contribution >= 0.6 is 23.1 Å². The van der Waals surface area contributed by atoms with Crippen LogP contribution in [0.25, 0.3) is 22.3 Å². The molecule has 8 heteroatoms. The van der Waals surface area contributed by atoms with Crippen molar-refractivity contribution in [3.8, 4) is 17.0 Å². The second kappa shape index (κ2) is 8.67. The number of nitrogens with one attached hydrogen (secondary N) is 1. The van der Waals surface area contributed by atoms with Crippen molar-refractivity contribution in [3.63, 3.8) is 0 Å². The van der Waals surface area contributed by atoms with Crippen molar-refractivity contribution < 1.29 is 9.53 Å². The Kier molecular flexibility index (Phi) is 5.82. The van der Waals surface area contributed by atoms with E-state index in [1.54, 1.807) is 18.9 Å². The van der Waals surface area contributed by atoms with Gasteiger partial charge in [0.1, 0.15) is 18.1 Å². The molecule has 1 N–H and O–H groups in total. The maximum atomic E-state index is 12.7. The fourth-order valence-electron chi connectivity index (χ4n) is 3.15. The molecule has 0 aliphatic rings. The number of imidazole rings is 1. The summed E-state index contributed by atoms with van der Waals surface area (Å²) in [4.78, 5) is 21.9. The zero-order valence-electron chi connectivity index (χ0n) is 16.1. The highest BCUT2D eigenvalue weighted by molar-refractivity contribution is 7.97. The minimum Gasteiger partial charge on any atom is -0.496 e. The van der Waals surface area contributed by atoms with Gasteiger partial charge in [0.25, 0.3) is 0 Å². The summed E-state index contributed by atoms with van der Waals surface area (Å²) in [6.07, 6.45) is 2.03. The Morgan fingerprint density at radius 3 is 2.79 bits per heavy atom. The number of aromatic nitrogens is 3. The number of carbonyl (C=O) groups excluding carboxylic acids is 1. The summed E-state index contributed by atoms with van der Waals surface area (Å²) in [5.41, 5.74) is 3.53. The molecule has 0 bridgehead atoms. The van der Waals surface area contributed by atoms with Gasteiger partial charge in [-0.15, -0.1) is 11.3 Å². The second-order valence-corrected chi connectivity index (χ2v) is 8.05. The van der Waals surface area contributed by atoms with Gasteiger partial charge in [-0.1, -0.05) is 24.3 Å². The van der Waals surface area contributed by atoms with E-state index in [4.69, 9.17) is 4.74 Å². The number of rotatable bonds is 7. The van der Waals surface area contributed by atoms with Crippen LogP contribution in [0.4, 0.5) is 5.13 Å². The van der Waals surface area contributed by atoms with Crippen LogP contribution in [0.5, 0.6) is 5.75 Å². The number of fused-ring (bicyclic) bond motifs is 1. The zero-order chi connectivity index (χ0) is 20.2. The van der Waals surface area contributed by atoms with Gasteiger partial charge in [-0.3, -0.25) is 4.79 Å². The molecule has 0 unspecified atom stereocenters. The largest absolute Gasteiger partial charge is 0.496 e. The van der Waals surface area contributed by atoms with Crippen LogP contribution in [-0.2, 0) is 17.1 Å². The number of thiazole rings is 1. The molecule has 0 atom stereocenters. The van der Waals surface area contributed by atoms with E-state index in [2.05, 4.69) is 15.3 Å². The maximum absolute atomic E-state index is 12.7. The van der Waals surface area contributed by atoms with Crippen molar-refractivity contribution in [3.05, 3.63) is 59.7 Å². The van der Waals surface area contributed by atoms with E-state index >= 15 is 0 Å². The number of carbonyl (C=O) groups is 1. The van der Waals surface area contributed by atoms with Crippen LogP contribution in [-0.4, -0.2) is 33.8 Å². The number of hydrogen-bond donors (Lipinski definition) is 1. The first-order valence-corrected chi connectivity index (χ1v) is 11.3. The van der Waals surface area contributed by atoms with E-state index < -0.39 is 0 Å². The summed E-state index contributed by atoms with van der Waals surface area (Å²) >= 11 is 3.08. The van der Waals surface area contributed by atoms with Gasteiger partial charge in [0.15, 0.2) is 5.13 Å². The highest BCUT2D eigenvalue weighted by Crippen LogP contribution is 2.32. The number of ether oxygens (including phenoxy) is 1. The molecule has 1 amide bonds. The third kappa shape index (κ3) is 4.13. The molecule has 0 saturated carbocycles. The van der Waals surface area contributed by atoms with Gasteiger partial charge in [0, 0.05) is 10.9 Å². The maximum Gasteiger partial charge on any atom is 0.246 e. The van der Waals surface area contributed by atoms with E-state index in [1.165, 1.54) is 11.3 Å². The molecule has 6 nitrogen and oxygen atoms in total. The lowest BCUT2D eigenvalue weighted by Crippen LogP contribution is -2.20. The van der Waals surface area contributed by atoms with Crippen molar-refractivity contribution in [2.75, 3.05) is 18.7 Å². The van der Waals surface area contributed by atoms with E-state index in [0.29, 0.717) is 5.13 Å². The second-order valence-electron chi connectivity index (χ2n) is 6.32. The number of anilines is 1. The molecule has 0 radical (unpaired) electrons. The monoisotopic (exact) mass is 424 g/mol. The minimum absolute atomic E-state index is 0.128. The van der Waals surface area contributed by atoms with Crippen LogP contribution in [0.1, 0.15) is 5.82 Å². The summed E-state index contributed by atoms with van der Waals surface area (Å²) < 4.78 is 7.37. The number of benzene rings is 2. The van der Waals surface area contributed by atoms with Gasteiger partial charge in [0.2, 0.25) is 5.91 Å². The Labute approximate surface area is 176 Å². The molecular weight excluding hydrogens is 404 g/mol. The van der Waals surface area contributed by atoms with Gasteiger partial charge in [0.05, 0.1) is 29.6 Å². The molecule has 0 aliphatic carbocycles. The SMILES string of the molecule is COc1ccccc1-c1csc(NC(=O)Cn2c(CSC)nc3ccccc32)n1. The topological polar surface area (TPSA) is 69.0 Å². The number of methoxy groups -OCH3 is 1. The molecule has 0 spiro atoms. The van der Waals surface area contributed by atoms with Gasteiger partial charge < -0.3 is 14.6 Å². The van der Waals surface area contributed by atoms with Crippen molar-refractivity contribution >= 4 is 45.2 Å². The van der Waals surface area contributed by atoms with Crippen LogP contribution in [0.2, 0.25) is 0 Å². The molecule has 2 heterocycles. The molecular formula is C21H20N4O2S2. The summed E-state index contributed by atoms with van der Waals surface area (Å²) in [6, 6.07) is 15.6. The Morgan fingerprint density at radius 1 is 1.17 bits per heavy atom. The summed E-state index contributed by atoms with van der Waals surface area (Å²) in [7, 11) is 1.63. The summed E-state index contributed by atoms with van der Waals surface area (Å²) in [6.45, 7) is 0.194. The molecule has 4 rings (SSSR count). The fraction of sp³-hybridized carbons (Fsp3) is 0.190. The molecule has 0 saturated heterocycles. The number of nitrogens with zero attached hydrogens (tertiary/aromatic N) is 3. The van der Waals surface area contributed by atoms with Crippen molar-refractivity contribution in [2.24, 2.45) is 0 Å². The first-order chi connectivity index (χ1) is 14.2. The number of amides is 1. The Balaban J connectivity index is 1.53. The lowest BCUT2D eigenvalue weighted by molar-refractivity contribution is -0.116. The van der Waals surface area contributed by atoms with Crippen molar-refractivity contribution in [1.82, 2.24) is 14.5 Å². The van der Waals surface area contributed by atoms with Crippen molar-refractivity contribution in [2.45, 2.75) is 12.3 Å². The summed E-state index contributed by atoms with van der Waals surface area (Å²) in [5, 5.41) is 5.39. The fourth-order valence-corrected chi connectivity index (χ4v) is 4.36. The lowest BCUT2D eigenvalue weighted by Gasteiger charge is -2.08. The van der Waals surface area contributed by atoms with E-state index in [1.807, 2.05) is 64.7 Å². The van der Waals surface area contributed by atoms with Crippen LogP contribution in [0.3, 0.4) is 0 Å². The highest BCUT2D eigenvalue weighted by atomic mass is 32.2. The van der Waals surface area contributed by atoms with E-state index in [0.717, 1.165) is 39.6 Å². The average molecular weight is 425 g/mol. The minimum atomic E-state index is -0.128. The van der Waals surface area contributed by atoms with Crippen LogP contribution in [0, 0.1) is 0 Å². The molecule has 4 aromatic rings. The number of thioether (sulfide) groups is 1. The van der Waals surface area contributed by atoms with Gasteiger partial charge in [-0.25, -0.2) is 9.97 Å². The van der Waals surface area contributed by atoms with Crippen LogP contribution in [0.15, 0.2) is 53.9 Å². The molecule has 148 valence electrons. The predicted molar refractivity (Wildman–Crippen MR) is 120 cm³/mol. The van der Waals surface area contributed by atoms with Crippen LogP contribution < -0.4 is 10.1 Å². The number of para-hydroxylation sites is 3. The first kappa shape index (κ1) is 19.5. The highest BCUT2D eigenvalue weighted by Gasteiger charge is 2.15. The Hall–Kier alpha value is -2.84. The quantitative estimate of drug-likeness (QED) is 0.467. The van der Waals surface area contributed by atoms with E-state index in [9.17, 15) is 4.79 Å². The lowest BCUT2D eigenvalue weighted by atomic mass is 10.1. The molecule has 2 aromatic carbocycles. The number of hydrogen-bond acceptors (Lipinski definition) is 6. The molecule has 0 aliphatic heterocycles. The van der Waals surface area contributed by atoms with E-state index in [-0.39, 0.29) is 12.5 Å².